The van der Waals surface area contributed by atoms with Gasteiger partial charge in [-0.2, -0.15) is 0 Å². The minimum absolute atomic E-state index is 0.0540. The molecular weight excluding hydrogens is 352 g/mol. The zero-order valence-electron chi connectivity index (χ0n) is 14.7. The molecule has 1 aliphatic carbocycles. The van der Waals surface area contributed by atoms with Gasteiger partial charge in [0.1, 0.15) is 0 Å². The predicted octanol–water partition coefficient (Wildman–Crippen LogP) is 2.87. The molecule has 0 bridgehead atoms. The third-order valence-electron chi connectivity index (χ3n) is 4.64. The Hall–Kier alpha value is -2.02. The van der Waals surface area contributed by atoms with Gasteiger partial charge in [0.25, 0.3) is 5.91 Å². The van der Waals surface area contributed by atoms with Gasteiger partial charge in [-0.3, -0.25) is 14.4 Å². The van der Waals surface area contributed by atoms with Crippen molar-refractivity contribution >= 4 is 35.2 Å². The fourth-order valence-electron chi connectivity index (χ4n) is 3.28. The van der Waals surface area contributed by atoms with Crippen LogP contribution in [0.5, 0.6) is 0 Å². The largest absolute Gasteiger partial charge is 0.456 e. The van der Waals surface area contributed by atoms with Gasteiger partial charge in [0.05, 0.1) is 17.4 Å². The molecule has 140 valence electrons. The molecule has 1 aromatic rings. The van der Waals surface area contributed by atoms with Gasteiger partial charge in [0.15, 0.2) is 6.61 Å². The molecule has 26 heavy (non-hydrogen) atoms. The average molecular weight is 376 g/mol. The molecule has 2 aliphatic rings. The normalized spacial score (nSPS) is 20.5. The summed E-state index contributed by atoms with van der Waals surface area (Å²) < 4.78 is 5.07. The maximum Gasteiger partial charge on any atom is 0.307 e. The topological polar surface area (TPSA) is 84.5 Å². The van der Waals surface area contributed by atoms with E-state index >= 15 is 0 Å². The Bertz CT molecular complexity index is 671. The van der Waals surface area contributed by atoms with Crippen molar-refractivity contribution in [2.45, 2.75) is 61.1 Å². The van der Waals surface area contributed by atoms with Crippen molar-refractivity contribution in [3.8, 4) is 0 Å². The first-order valence-corrected chi connectivity index (χ1v) is 10.0. The highest BCUT2D eigenvalue weighted by molar-refractivity contribution is 8.01. The fraction of sp³-hybridized carbons (Fsp3) is 0.526. The summed E-state index contributed by atoms with van der Waals surface area (Å²) in [5.74, 6) is -1.02. The molecule has 0 saturated heterocycles. The number of fused-ring (bicyclic) bond motifs is 1. The van der Waals surface area contributed by atoms with Crippen molar-refractivity contribution in [1.82, 2.24) is 5.32 Å². The molecule has 2 N–H and O–H groups in total. The average Bonchev–Trinajstić information content (AvgIpc) is 2.89. The highest BCUT2D eigenvalue weighted by atomic mass is 32.2. The van der Waals surface area contributed by atoms with Gasteiger partial charge in [-0.1, -0.05) is 37.8 Å². The van der Waals surface area contributed by atoms with Gasteiger partial charge in [0.2, 0.25) is 5.91 Å². The first-order valence-electron chi connectivity index (χ1n) is 9.13. The Labute approximate surface area is 157 Å². The monoisotopic (exact) mass is 376 g/mol. The van der Waals surface area contributed by atoms with Crippen LogP contribution in [0.15, 0.2) is 29.2 Å². The van der Waals surface area contributed by atoms with Gasteiger partial charge in [-0.15, -0.1) is 11.8 Å². The predicted molar refractivity (Wildman–Crippen MR) is 99.9 cm³/mol. The van der Waals surface area contributed by atoms with Crippen LogP contribution in [0.2, 0.25) is 0 Å². The van der Waals surface area contributed by atoms with Crippen molar-refractivity contribution in [3.63, 3.8) is 0 Å². The summed E-state index contributed by atoms with van der Waals surface area (Å²) in [6, 6.07) is 7.64. The summed E-state index contributed by atoms with van der Waals surface area (Å²) in [4.78, 5) is 37.0. The minimum atomic E-state index is -0.540. The number of carbonyl (C=O) groups excluding carboxylic acids is 3. The molecule has 1 aliphatic heterocycles. The lowest BCUT2D eigenvalue weighted by Gasteiger charge is -2.23. The van der Waals surface area contributed by atoms with Crippen molar-refractivity contribution in [3.05, 3.63) is 24.3 Å². The molecule has 6 nitrogen and oxygen atoms in total. The molecule has 1 heterocycles. The highest BCUT2D eigenvalue weighted by Gasteiger charge is 2.29. The van der Waals surface area contributed by atoms with Gasteiger partial charge in [-0.05, 0) is 25.0 Å². The number of anilines is 1. The third kappa shape index (κ3) is 5.24. The fourth-order valence-corrected chi connectivity index (χ4v) is 4.37. The molecule has 1 fully saturated rings. The molecule has 2 amide bonds. The number of thioether (sulfide) groups is 1. The van der Waals surface area contributed by atoms with Crippen LogP contribution in [0.4, 0.5) is 5.69 Å². The number of hydrogen-bond acceptors (Lipinski definition) is 5. The van der Waals surface area contributed by atoms with Crippen LogP contribution >= 0.6 is 11.8 Å². The molecule has 7 heteroatoms. The molecule has 1 saturated carbocycles. The van der Waals surface area contributed by atoms with E-state index in [9.17, 15) is 14.4 Å². The maximum atomic E-state index is 12.1. The van der Waals surface area contributed by atoms with E-state index in [0.29, 0.717) is 0 Å². The van der Waals surface area contributed by atoms with Crippen LogP contribution in [-0.4, -0.2) is 35.7 Å². The minimum Gasteiger partial charge on any atom is -0.456 e. The Kier molecular flexibility index (Phi) is 6.55. The molecule has 0 spiro atoms. The van der Waals surface area contributed by atoms with E-state index in [2.05, 4.69) is 10.6 Å². The van der Waals surface area contributed by atoms with Gasteiger partial charge < -0.3 is 15.4 Å². The highest BCUT2D eigenvalue weighted by Crippen LogP contribution is 2.36. The Morgan fingerprint density at radius 3 is 2.65 bits per heavy atom. The van der Waals surface area contributed by atoms with Crippen molar-refractivity contribution in [1.29, 1.82) is 0 Å². The molecule has 0 aromatic heterocycles. The van der Waals surface area contributed by atoms with Crippen LogP contribution in [0, 0.1) is 0 Å². The Morgan fingerprint density at radius 2 is 1.88 bits per heavy atom. The number of hydrogen-bond donors (Lipinski definition) is 2. The van der Waals surface area contributed by atoms with Crippen LogP contribution in [0.1, 0.15) is 44.9 Å². The van der Waals surface area contributed by atoms with Gasteiger partial charge in [0, 0.05) is 10.9 Å². The van der Waals surface area contributed by atoms with E-state index in [1.807, 2.05) is 24.3 Å². The first-order chi connectivity index (χ1) is 12.6. The van der Waals surface area contributed by atoms with Crippen LogP contribution in [-0.2, 0) is 19.1 Å². The standard InChI is InChI=1S/C19H24N2O4S/c22-17(20-13-7-3-1-2-4-8-13)12-25-18(23)11-16-19(24)21-14-9-5-6-10-15(14)26-16/h5-6,9-10,13,16H,1-4,7-8,11-12H2,(H,20,22)(H,21,24)/t16-/m1/s1. The first kappa shape index (κ1) is 18.8. The number of benzene rings is 1. The van der Waals surface area contributed by atoms with Crippen molar-refractivity contribution < 1.29 is 19.1 Å². The molecule has 1 atom stereocenters. The summed E-state index contributed by atoms with van der Waals surface area (Å²) in [7, 11) is 0. The third-order valence-corrected chi connectivity index (χ3v) is 5.92. The van der Waals surface area contributed by atoms with E-state index in [-0.39, 0.29) is 30.9 Å². The van der Waals surface area contributed by atoms with E-state index < -0.39 is 11.2 Å². The summed E-state index contributed by atoms with van der Waals surface area (Å²) >= 11 is 1.35. The van der Waals surface area contributed by atoms with Crippen molar-refractivity contribution in [2.24, 2.45) is 0 Å². The maximum absolute atomic E-state index is 12.1. The number of carbonyl (C=O) groups is 3. The second-order valence-corrected chi connectivity index (χ2v) is 7.96. The second-order valence-electron chi connectivity index (χ2n) is 6.71. The van der Waals surface area contributed by atoms with E-state index in [1.165, 1.54) is 24.6 Å². The zero-order valence-corrected chi connectivity index (χ0v) is 15.5. The van der Waals surface area contributed by atoms with Crippen molar-refractivity contribution in [2.75, 3.05) is 11.9 Å². The van der Waals surface area contributed by atoms with E-state index in [4.69, 9.17) is 4.74 Å². The number of ether oxygens (including phenoxy) is 1. The smallest absolute Gasteiger partial charge is 0.307 e. The number of rotatable bonds is 5. The molecule has 0 unspecified atom stereocenters. The lowest BCUT2D eigenvalue weighted by atomic mass is 10.1. The molecule has 1 aromatic carbocycles. The molecule has 0 radical (unpaired) electrons. The lowest BCUT2D eigenvalue weighted by molar-refractivity contribution is -0.149. The van der Waals surface area contributed by atoms with E-state index in [1.54, 1.807) is 0 Å². The van der Waals surface area contributed by atoms with Crippen LogP contribution < -0.4 is 10.6 Å². The summed E-state index contributed by atoms with van der Waals surface area (Å²) in [6.07, 6.45) is 6.59. The Balaban J connectivity index is 1.42. The molecular formula is C19H24N2O4S. The summed E-state index contributed by atoms with van der Waals surface area (Å²) in [5.41, 5.74) is 0.759. The SMILES string of the molecule is O=C(COC(=O)C[C@H]1Sc2ccccc2NC1=O)NC1CCCCCC1. The number of amides is 2. The summed E-state index contributed by atoms with van der Waals surface area (Å²) in [5, 5.41) is 5.19. The number of esters is 1. The van der Waals surface area contributed by atoms with Gasteiger partial charge in [-0.25, -0.2) is 0 Å². The zero-order chi connectivity index (χ0) is 18.4. The lowest BCUT2D eigenvalue weighted by Crippen LogP contribution is -2.38. The Morgan fingerprint density at radius 1 is 1.15 bits per heavy atom. The number of nitrogens with one attached hydrogen (secondary N) is 2. The number of para-hydroxylation sites is 1. The second kappa shape index (κ2) is 9.07. The van der Waals surface area contributed by atoms with Gasteiger partial charge >= 0.3 is 5.97 Å². The summed E-state index contributed by atoms with van der Waals surface area (Å²) in [6.45, 7) is -0.287. The quantitative estimate of drug-likeness (QED) is 0.610. The van der Waals surface area contributed by atoms with Crippen LogP contribution in [0.25, 0.3) is 0 Å². The van der Waals surface area contributed by atoms with E-state index in [0.717, 1.165) is 36.3 Å². The van der Waals surface area contributed by atoms with Crippen LogP contribution in [0.3, 0.4) is 0 Å². The molecule has 3 rings (SSSR count).